The first-order chi connectivity index (χ1) is 12.3. The number of rotatable bonds is 3. The van der Waals surface area contributed by atoms with Crippen LogP contribution in [0.5, 0.6) is 23.0 Å². The maximum Gasteiger partial charge on any atom is 0.308 e. The Hall–Kier alpha value is -3.35. The number of esters is 2. The molecule has 0 radical (unpaired) electrons. The number of hydrogen-bond donors (Lipinski definition) is 1. The fourth-order valence-corrected chi connectivity index (χ4v) is 2.74. The van der Waals surface area contributed by atoms with Gasteiger partial charge >= 0.3 is 11.9 Å². The molecule has 0 aromatic heterocycles. The minimum atomic E-state index is -0.576. The van der Waals surface area contributed by atoms with Crippen LogP contribution in [0, 0.1) is 0 Å². The van der Waals surface area contributed by atoms with Crippen LogP contribution in [0.2, 0.25) is 0 Å². The summed E-state index contributed by atoms with van der Waals surface area (Å²) in [5, 5.41) is 10.1. The highest BCUT2D eigenvalue weighted by molar-refractivity contribution is 6.02. The molecule has 0 fully saturated rings. The largest absolute Gasteiger partial charge is 0.507 e. The Kier molecular flexibility index (Phi) is 4.62. The van der Waals surface area contributed by atoms with E-state index in [-0.39, 0.29) is 35.0 Å². The second kappa shape index (κ2) is 6.87. The number of hydrogen-bond acceptors (Lipinski definition) is 7. The van der Waals surface area contributed by atoms with Crippen LogP contribution in [0.1, 0.15) is 42.3 Å². The van der Waals surface area contributed by atoms with Crippen molar-refractivity contribution >= 4 is 17.7 Å². The molecule has 2 aromatic rings. The third kappa shape index (κ3) is 3.66. The number of ketones is 1. The summed E-state index contributed by atoms with van der Waals surface area (Å²) >= 11 is 0. The summed E-state index contributed by atoms with van der Waals surface area (Å²) in [7, 11) is 0. The summed E-state index contributed by atoms with van der Waals surface area (Å²) in [4.78, 5) is 34.5. The van der Waals surface area contributed by atoms with Crippen LogP contribution in [0.3, 0.4) is 0 Å². The lowest BCUT2D eigenvalue weighted by atomic mass is 9.95. The zero-order chi connectivity index (χ0) is 18.8. The molecule has 0 saturated carbocycles. The van der Waals surface area contributed by atoms with E-state index in [4.69, 9.17) is 14.2 Å². The number of ether oxygens (including phenoxy) is 3. The normalized spacial score (nSPS) is 15.6. The molecule has 1 N–H and O–H groups in total. The van der Waals surface area contributed by atoms with Crippen LogP contribution >= 0.6 is 0 Å². The lowest BCUT2D eigenvalue weighted by Gasteiger charge is -2.26. The van der Waals surface area contributed by atoms with E-state index in [9.17, 15) is 19.5 Å². The summed E-state index contributed by atoms with van der Waals surface area (Å²) in [6.45, 7) is 2.54. The molecule has 0 bridgehead atoms. The highest BCUT2D eigenvalue weighted by Gasteiger charge is 2.31. The van der Waals surface area contributed by atoms with Crippen molar-refractivity contribution in [2.75, 3.05) is 0 Å². The van der Waals surface area contributed by atoms with Crippen LogP contribution < -0.4 is 14.2 Å². The van der Waals surface area contributed by atoms with Gasteiger partial charge in [-0.1, -0.05) is 12.1 Å². The van der Waals surface area contributed by atoms with E-state index < -0.39 is 18.0 Å². The Bertz CT molecular complexity index is 884. The van der Waals surface area contributed by atoms with Crippen molar-refractivity contribution in [1.82, 2.24) is 0 Å². The number of phenols is 1. The number of aromatic hydroxyl groups is 1. The number of benzene rings is 2. The summed E-state index contributed by atoms with van der Waals surface area (Å²) in [6, 6.07) is 9.19. The molecule has 2 aromatic carbocycles. The predicted octanol–water partition coefficient (Wildman–Crippen LogP) is 2.95. The summed E-state index contributed by atoms with van der Waals surface area (Å²) in [5.41, 5.74) is 0.769. The number of carbonyl (C=O) groups excluding carboxylic acids is 3. The van der Waals surface area contributed by atoms with Crippen molar-refractivity contribution in [3.8, 4) is 23.0 Å². The Morgan fingerprint density at radius 1 is 1.04 bits per heavy atom. The van der Waals surface area contributed by atoms with E-state index in [0.29, 0.717) is 11.3 Å². The summed E-state index contributed by atoms with van der Waals surface area (Å²) < 4.78 is 15.8. The Labute approximate surface area is 149 Å². The predicted molar refractivity (Wildman–Crippen MR) is 89.5 cm³/mol. The molecule has 0 amide bonds. The Morgan fingerprint density at radius 3 is 2.27 bits per heavy atom. The van der Waals surface area contributed by atoms with Gasteiger partial charge in [0.05, 0.1) is 6.42 Å². The second-order valence-corrected chi connectivity index (χ2v) is 5.81. The fourth-order valence-electron chi connectivity index (χ4n) is 2.74. The second-order valence-electron chi connectivity index (χ2n) is 5.81. The van der Waals surface area contributed by atoms with Gasteiger partial charge in [0.1, 0.15) is 34.7 Å². The molecule has 134 valence electrons. The van der Waals surface area contributed by atoms with E-state index in [1.165, 1.54) is 26.0 Å². The Morgan fingerprint density at radius 2 is 1.65 bits per heavy atom. The average molecular weight is 356 g/mol. The van der Waals surface area contributed by atoms with Gasteiger partial charge in [0, 0.05) is 26.0 Å². The fraction of sp³-hybridized carbons (Fsp3) is 0.211. The van der Waals surface area contributed by atoms with Gasteiger partial charge in [-0.15, -0.1) is 0 Å². The Balaban J connectivity index is 1.88. The molecule has 0 aliphatic carbocycles. The van der Waals surface area contributed by atoms with Crippen molar-refractivity contribution in [3.05, 3.63) is 47.5 Å². The topological polar surface area (TPSA) is 99.1 Å². The van der Waals surface area contributed by atoms with Crippen LogP contribution in [0.4, 0.5) is 0 Å². The van der Waals surface area contributed by atoms with Crippen LogP contribution in [0.25, 0.3) is 0 Å². The molecule has 1 aliphatic heterocycles. The van der Waals surface area contributed by atoms with Gasteiger partial charge in [-0.3, -0.25) is 14.4 Å². The van der Waals surface area contributed by atoms with Crippen LogP contribution in [-0.4, -0.2) is 22.8 Å². The molecular formula is C19H16O7. The first-order valence-electron chi connectivity index (χ1n) is 7.87. The van der Waals surface area contributed by atoms with E-state index in [2.05, 4.69) is 0 Å². The van der Waals surface area contributed by atoms with Gasteiger partial charge in [-0.25, -0.2) is 0 Å². The maximum absolute atomic E-state index is 12.4. The standard InChI is InChI=1S/C19H16O7/c1-10(20)24-13-5-3-12(4-6-13)17-9-16(23)19-15(22)7-14(25-11(2)21)8-18(19)26-17/h3-8,17,22H,9H2,1-2H3/t17-/m0/s1. The highest BCUT2D eigenvalue weighted by Crippen LogP contribution is 2.42. The van der Waals surface area contributed by atoms with E-state index in [1.807, 2.05) is 0 Å². The minimum absolute atomic E-state index is 0.0420. The van der Waals surface area contributed by atoms with Gasteiger partial charge in [0.25, 0.3) is 0 Å². The van der Waals surface area contributed by atoms with E-state index >= 15 is 0 Å². The zero-order valence-electron chi connectivity index (χ0n) is 14.1. The molecule has 1 heterocycles. The van der Waals surface area contributed by atoms with Gasteiger partial charge in [-0.05, 0) is 17.7 Å². The van der Waals surface area contributed by atoms with Crippen molar-refractivity contribution in [1.29, 1.82) is 0 Å². The van der Waals surface area contributed by atoms with Crippen molar-refractivity contribution < 1.29 is 33.7 Å². The molecule has 3 rings (SSSR count). The molecule has 0 unspecified atom stereocenters. The number of fused-ring (bicyclic) bond motifs is 1. The van der Waals surface area contributed by atoms with Crippen molar-refractivity contribution in [3.63, 3.8) is 0 Å². The lowest BCUT2D eigenvalue weighted by Crippen LogP contribution is -2.20. The van der Waals surface area contributed by atoms with Gasteiger partial charge in [0.15, 0.2) is 5.78 Å². The molecular weight excluding hydrogens is 340 g/mol. The van der Waals surface area contributed by atoms with Gasteiger partial charge < -0.3 is 19.3 Å². The molecule has 0 saturated heterocycles. The highest BCUT2D eigenvalue weighted by atomic mass is 16.5. The quantitative estimate of drug-likeness (QED) is 0.667. The number of phenolic OH excluding ortho intramolecular Hbond substituents is 1. The SMILES string of the molecule is CC(=O)Oc1ccc([C@@H]2CC(=O)c3c(O)cc(OC(C)=O)cc3O2)cc1. The number of carbonyl (C=O) groups is 3. The molecule has 7 nitrogen and oxygen atoms in total. The number of Topliss-reactive ketones (excluding diaryl/α,β-unsaturated/α-hetero) is 1. The molecule has 0 spiro atoms. The third-order valence-corrected chi connectivity index (χ3v) is 3.75. The van der Waals surface area contributed by atoms with Crippen molar-refractivity contribution in [2.24, 2.45) is 0 Å². The molecule has 7 heteroatoms. The maximum atomic E-state index is 12.4. The lowest BCUT2D eigenvalue weighted by molar-refractivity contribution is -0.132. The van der Waals surface area contributed by atoms with E-state index in [1.54, 1.807) is 24.3 Å². The monoisotopic (exact) mass is 356 g/mol. The first kappa shape index (κ1) is 17.5. The van der Waals surface area contributed by atoms with Crippen molar-refractivity contribution in [2.45, 2.75) is 26.4 Å². The van der Waals surface area contributed by atoms with Gasteiger partial charge in [-0.2, -0.15) is 0 Å². The summed E-state index contributed by atoms with van der Waals surface area (Å²) in [5.74, 6) is -0.939. The van der Waals surface area contributed by atoms with E-state index in [0.717, 1.165) is 0 Å². The van der Waals surface area contributed by atoms with Crippen LogP contribution in [0.15, 0.2) is 36.4 Å². The van der Waals surface area contributed by atoms with Crippen LogP contribution in [-0.2, 0) is 9.59 Å². The first-order valence-corrected chi connectivity index (χ1v) is 7.87. The smallest absolute Gasteiger partial charge is 0.308 e. The average Bonchev–Trinajstić information content (AvgIpc) is 2.53. The molecule has 26 heavy (non-hydrogen) atoms. The van der Waals surface area contributed by atoms with Gasteiger partial charge in [0.2, 0.25) is 0 Å². The minimum Gasteiger partial charge on any atom is -0.507 e. The zero-order valence-corrected chi connectivity index (χ0v) is 14.1. The summed E-state index contributed by atoms with van der Waals surface area (Å²) in [6.07, 6.45) is -0.534. The third-order valence-electron chi connectivity index (χ3n) is 3.75. The molecule has 1 aliphatic rings. The molecule has 1 atom stereocenters.